The number of ether oxygens (including phenoxy) is 1. The molecule has 0 aliphatic carbocycles. The Bertz CT molecular complexity index is 1030. The summed E-state index contributed by atoms with van der Waals surface area (Å²) in [7, 11) is 1.66. The molecule has 0 radical (unpaired) electrons. The molecule has 1 fully saturated rings. The molecule has 0 spiro atoms. The van der Waals surface area contributed by atoms with E-state index in [2.05, 4.69) is 16.4 Å². The van der Waals surface area contributed by atoms with Crippen LogP contribution in [0.25, 0.3) is 0 Å². The van der Waals surface area contributed by atoms with E-state index in [9.17, 15) is 9.59 Å². The van der Waals surface area contributed by atoms with Crippen molar-refractivity contribution in [2.45, 2.75) is 38.1 Å². The molecule has 1 aliphatic heterocycles. The number of thiophene rings is 1. The minimum Gasteiger partial charge on any atom is -0.497 e. The van der Waals surface area contributed by atoms with Crippen molar-refractivity contribution in [3.05, 3.63) is 63.3 Å². The molecule has 0 bridgehead atoms. The summed E-state index contributed by atoms with van der Waals surface area (Å²) in [6, 6.07) is 12.1. The standard InChI is InChI=1S/C23H25N3O3S2/c1-29-19-7-2-5-16(12-19)11-18-6-3-9-26(18)22(28)13-17-15-31-23(24-17)25-21(27)14-20-8-4-10-30-20/h2,4-5,7-8,10,12,15,18H,3,6,9,11,13-14H2,1H3,(H,24,25,27). The molecule has 1 saturated heterocycles. The van der Waals surface area contributed by atoms with E-state index in [4.69, 9.17) is 4.74 Å². The van der Waals surface area contributed by atoms with Crippen LogP contribution in [0, 0.1) is 0 Å². The topological polar surface area (TPSA) is 71.5 Å². The molecule has 1 N–H and O–H groups in total. The molecule has 2 aromatic heterocycles. The Kier molecular flexibility index (Phi) is 6.99. The van der Waals surface area contributed by atoms with Crippen molar-refractivity contribution in [1.82, 2.24) is 9.88 Å². The van der Waals surface area contributed by atoms with Crippen LogP contribution >= 0.6 is 22.7 Å². The monoisotopic (exact) mass is 455 g/mol. The first kappa shape index (κ1) is 21.5. The van der Waals surface area contributed by atoms with Crippen LogP contribution in [-0.2, 0) is 28.9 Å². The highest BCUT2D eigenvalue weighted by Crippen LogP contribution is 2.25. The first-order chi connectivity index (χ1) is 15.1. The fourth-order valence-electron chi connectivity index (χ4n) is 3.88. The number of benzene rings is 1. The van der Waals surface area contributed by atoms with Crippen LogP contribution in [0.2, 0.25) is 0 Å². The van der Waals surface area contributed by atoms with Gasteiger partial charge in [-0.1, -0.05) is 18.2 Å². The maximum absolute atomic E-state index is 13.0. The average Bonchev–Trinajstić information content (AvgIpc) is 3.51. The Morgan fingerprint density at radius 1 is 1.23 bits per heavy atom. The Morgan fingerprint density at radius 2 is 2.13 bits per heavy atom. The molecule has 4 rings (SSSR count). The lowest BCUT2D eigenvalue weighted by Crippen LogP contribution is -2.37. The smallest absolute Gasteiger partial charge is 0.231 e. The summed E-state index contributed by atoms with van der Waals surface area (Å²) in [4.78, 5) is 32.6. The number of nitrogens with zero attached hydrogens (tertiary/aromatic N) is 2. The molecule has 3 heterocycles. The van der Waals surface area contributed by atoms with Crippen LogP contribution in [0.5, 0.6) is 5.75 Å². The molecule has 8 heteroatoms. The van der Waals surface area contributed by atoms with E-state index in [1.54, 1.807) is 18.4 Å². The van der Waals surface area contributed by atoms with E-state index < -0.39 is 0 Å². The number of hydrogen-bond acceptors (Lipinski definition) is 6. The van der Waals surface area contributed by atoms with Crippen LogP contribution in [0.4, 0.5) is 5.13 Å². The van der Waals surface area contributed by atoms with Crippen LogP contribution in [0.3, 0.4) is 0 Å². The van der Waals surface area contributed by atoms with Crippen molar-refractivity contribution in [3.63, 3.8) is 0 Å². The second-order valence-electron chi connectivity index (χ2n) is 7.56. The van der Waals surface area contributed by atoms with Gasteiger partial charge in [-0.3, -0.25) is 9.59 Å². The lowest BCUT2D eigenvalue weighted by molar-refractivity contribution is -0.131. The van der Waals surface area contributed by atoms with Crippen LogP contribution in [0.1, 0.15) is 29.0 Å². The molecule has 1 aliphatic rings. The van der Waals surface area contributed by atoms with E-state index in [1.165, 1.54) is 16.9 Å². The number of anilines is 1. The maximum atomic E-state index is 13.0. The van der Waals surface area contributed by atoms with Crippen molar-refractivity contribution >= 4 is 39.6 Å². The van der Waals surface area contributed by atoms with E-state index in [0.717, 1.165) is 36.4 Å². The first-order valence-corrected chi connectivity index (χ1v) is 12.1. The second-order valence-corrected chi connectivity index (χ2v) is 9.45. The molecule has 3 aromatic rings. The summed E-state index contributed by atoms with van der Waals surface area (Å²) in [6.45, 7) is 0.780. The summed E-state index contributed by atoms with van der Waals surface area (Å²) in [5, 5.41) is 7.18. The molecule has 31 heavy (non-hydrogen) atoms. The first-order valence-electron chi connectivity index (χ1n) is 10.3. The Labute approximate surface area is 189 Å². The SMILES string of the molecule is COc1cccc(CC2CCCN2C(=O)Cc2csc(NC(=O)Cc3cccs3)n2)c1. The van der Waals surface area contributed by atoms with Crippen molar-refractivity contribution in [1.29, 1.82) is 0 Å². The summed E-state index contributed by atoms with van der Waals surface area (Å²) < 4.78 is 5.31. The van der Waals surface area contributed by atoms with Gasteiger partial charge in [-0.15, -0.1) is 22.7 Å². The van der Waals surface area contributed by atoms with Gasteiger partial charge in [0.1, 0.15) is 5.75 Å². The molecule has 6 nitrogen and oxygen atoms in total. The number of nitrogens with one attached hydrogen (secondary N) is 1. The fraction of sp³-hybridized carbons (Fsp3) is 0.348. The van der Waals surface area contributed by atoms with Crippen LogP contribution in [0.15, 0.2) is 47.2 Å². The van der Waals surface area contributed by atoms with Crippen LogP contribution in [-0.4, -0.2) is 41.4 Å². The Morgan fingerprint density at radius 3 is 2.94 bits per heavy atom. The van der Waals surface area contributed by atoms with Gasteiger partial charge in [-0.25, -0.2) is 4.98 Å². The third-order valence-corrected chi connectivity index (χ3v) is 7.03. The molecule has 0 saturated carbocycles. The number of likely N-dealkylation sites (tertiary alicyclic amines) is 1. The minimum absolute atomic E-state index is 0.0900. The maximum Gasteiger partial charge on any atom is 0.231 e. The number of aromatic nitrogens is 1. The zero-order valence-corrected chi connectivity index (χ0v) is 19.0. The molecule has 1 unspecified atom stereocenters. The lowest BCUT2D eigenvalue weighted by atomic mass is 10.0. The zero-order chi connectivity index (χ0) is 21.6. The van der Waals surface area contributed by atoms with Crippen molar-refractivity contribution in [2.24, 2.45) is 0 Å². The number of hydrogen-bond donors (Lipinski definition) is 1. The van der Waals surface area contributed by atoms with Gasteiger partial charge >= 0.3 is 0 Å². The summed E-state index contributed by atoms with van der Waals surface area (Å²) in [6.07, 6.45) is 3.44. The predicted molar refractivity (Wildman–Crippen MR) is 124 cm³/mol. The summed E-state index contributed by atoms with van der Waals surface area (Å²) >= 11 is 2.92. The quantitative estimate of drug-likeness (QED) is 0.553. The highest BCUT2D eigenvalue weighted by atomic mass is 32.1. The van der Waals surface area contributed by atoms with Crippen molar-refractivity contribution in [2.75, 3.05) is 19.0 Å². The van der Waals surface area contributed by atoms with Gasteiger partial charge in [0.05, 0.1) is 25.6 Å². The number of carbonyl (C=O) groups is 2. The summed E-state index contributed by atoms with van der Waals surface area (Å²) in [5.74, 6) is 0.837. The van der Waals surface area contributed by atoms with E-state index in [-0.39, 0.29) is 24.3 Å². The number of thiazole rings is 1. The Balaban J connectivity index is 1.32. The molecular formula is C23H25N3O3S2. The van der Waals surface area contributed by atoms with Gasteiger partial charge in [0, 0.05) is 22.8 Å². The van der Waals surface area contributed by atoms with Gasteiger partial charge in [0.25, 0.3) is 0 Å². The van der Waals surface area contributed by atoms with Gasteiger partial charge in [0.2, 0.25) is 11.8 Å². The number of carbonyl (C=O) groups excluding carboxylic acids is 2. The second kappa shape index (κ2) is 10.1. The molecule has 162 valence electrons. The highest BCUT2D eigenvalue weighted by Gasteiger charge is 2.29. The van der Waals surface area contributed by atoms with E-state index >= 15 is 0 Å². The molecular weight excluding hydrogens is 430 g/mol. The minimum atomic E-state index is -0.0902. The summed E-state index contributed by atoms with van der Waals surface area (Å²) in [5.41, 5.74) is 1.88. The fourth-order valence-corrected chi connectivity index (χ4v) is 5.31. The van der Waals surface area contributed by atoms with Gasteiger partial charge in [-0.2, -0.15) is 0 Å². The number of rotatable bonds is 8. The normalized spacial score (nSPS) is 15.8. The Hall–Kier alpha value is -2.71. The van der Waals surface area contributed by atoms with Crippen LogP contribution < -0.4 is 10.1 Å². The largest absolute Gasteiger partial charge is 0.497 e. The zero-order valence-electron chi connectivity index (χ0n) is 17.4. The van der Waals surface area contributed by atoms with Gasteiger partial charge in [0.15, 0.2) is 5.13 Å². The van der Waals surface area contributed by atoms with Crippen molar-refractivity contribution in [3.8, 4) is 5.75 Å². The average molecular weight is 456 g/mol. The number of amides is 2. The molecule has 2 amide bonds. The molecule has 1 aromatic carbocycles. The number of methoxy groups -OCH3 is 1. The van der Waals surface area contributed by atoms with E-state index in [0.29, 0.717) is 17.2 Å². The highest BCUT2D eigenvalue weighted by molar-refractivity contribution is 7.14. The predicted octanol–water partition coefficient (Wildman–Crippen LogP) is 4.17. The van der Waals surface area contributed by atoms with Crippen molar-refractivity contribution < 1.29 is 14.3 Å². The molecule has 1 atom stereocenters. The van der Waals surface area contributed by atoms with Gasteiger partial charge in [-0.05, 0) is 48.4 Å². The third kappa shape index (κ3) is 5.71. The third-order valence-electron chi connectivity index (χ3n) is 5.35. The van der Waals surface area contributed by atoms with Gasteiger partial charge < -0.3 is 15.0 Å². The lowest BCUT2D eigenvalue weighted by Gasteiger charge is -2.25. The van der Waals surface area contributed by atoms with E-state index in [1.807, 2.05) is 46.0 Å².